The molecule has 18 heavy (non-hydrogen) atoms. The Morgan fingerprint density at radius 2 is 2.22 bits per heavy atom. The van der Waals surface area contributed by atoms with Crippen LogP contribution in [0.1, 0.15) is 36.1 Å². The van der Waals surface area contributed by atoms with Crippen molar-refractivity contribution in [2.75, 3.05) is 6.54 Å². The highest BCUT2D eigenvalue weighted by molar-refractivity contribution is 5.15. The largest absolute Gasteiger partial charge is 0.467 e. The summed E-state index contributed by atoms with van der Waals surface area (Å²) in [6.07, 6.45) is 4.84. The number of hydrogen-bond donors (Lipinski definition) is 1. The van der Waals surface area contributed by atoms with Gasteiger partial charge in [0.05, 0.1) is 24.8 Å². The highest BCUT2D eigenvalue weighted by atomic mass is 16.3. The highest BCUT2D eigenvalue weighted by Gasteiger charge is 2.06. The molecular formula is C14H21N3O. The fourth-order valence-corrected chi connectivity index (χ4v) is 1.88. The Hall–Kier alpha value is -1.55. The molecule has 2 heterocycles. The Bertz CT molecular complexity index is 499. The Labute approximate surface area is 108 Å². The third kappa shape index (κ3) is 3.01. The first kappa shape index (κ1) is 12.9. The zero-order chi connectivity index (χ0) is 13.0. The molecule has 0 atom stereocenters. The molecule has 0 bridgehead atoms. The molecule has 4 heteroatoms. The zero-order valence-corrected chi connectivity index (χ0v) is 11.4. The van der Waals surface area contributed by atoms with E-state index in [1.54, 1.807) is 0 Å². The van der Waals surface area contributed by atoms with Gasteiger partial charge >= 0.3 is 0 Å². The van der Waals surface area contributed by atoms with Crippen LogP contribution in [-0.2, 0) is 13.1 Å². The van der Waals surface area contributed by atoms with Crippen molar-refractivity contribution in [3.8, 4) is 0 Å². The number of imidazole rings is 1. The van der Waals surface area contributed by atoms with E-state index in [9.17, 15) is 0 Å². The normalized spacial score (nSPS) is 11.1. The van der Waals surface area contributed by atoms with Crippen LogP contribution in [0.15, 0.2) is 23.1 Å². The molecular weight excluding hydrogens is 226 g/mol. The van der Waals surface area contributed by atoms with Crippen molar-refractivity contribution in [2.45, 2.75) is 40.3 Å². The van der Waals surface area contributed by atoms with E-state index in [1.807, 2.05) is 19.5 Å². The standard InChI is InChI=1S/C14H21N3O/c1-4-5-15-7-13-6-14(18-9-13)8-17-10-16-11(2)12(17)3/h6,9-10,15H,4-5,7-8H2,1-3H3. The van der Waals surface area contributed by atoms with Gasteiger partial charge < -0.3 is 14.3 Å². The molecule has 4 nitrogen and oxygen atoms in total. The van der Waals surface area contributed by atoms with Crippen molar-refractivity contribution in [1.29, 1.82) is 0 Å². The Balaban J connectivity index is 1.96. The number of nitrogens with zero attached hydrogens (tertiary/aromatic N) is 2. The van der Waals surface area contributed by atoms with Crippen LogP contribution in [0.3, 0.4) is 0 Å². The quantitative estimate of drug-likeness (QED) is 0.798. The van der Waals surface area contributed by atoms with Crippen molar-refractivity contribution < 1.29 is 4.42 Å². The molecule has 0 aliphatic carbocycles. The number of furan rings is 1. The van der Waals surface area contributed by atoms with Gasteiger partial charge in [-0.05, 0) is 32.9 Å². The predicted octanol–water partition coefficient (Wildman–Crippen LogP) is 2.64. The summed E-state index contributed by atoms with van der Waals surface area (Å²) in [5, 5.41) is 3.36. The van der Waals surface area contributed by atoms with Crippen LogP contribution in [0.2, 0.25) is 0 Å². The van der Waals surface area contributed by atoms with Crippen LogP contribution in [0, 0.1) is 13.8 Å². The van der Waals surface area contributed by atoms with Gasteiger partial charge in [-0.3, -0.25) is 0 Å². The minimum Gasteiger partial charge on any atom is -0.467 e. The van der Waals surface area contributed by atoms with Crippen LogP contribution in [0.5, 0.6) is 0 Å². The van der Waals surface area contributed by atoms with E-state index in [4.69, 9.17) is 4.42 Å². The van der Waals surface area contributed by atoms with Gasteiger partial charge in [0.25, 0.3) is 0 Å². The lowest BCUT2D eigenvalue weighted by molar-refractivity contribution is 0.488. The second-order valence-corrected chi connectivity index (χ2v) is 4.64. The Kier molecular flexibility index (Phi) is 4.20. The van der Waals surface area contributed by atoms with Crippen LogP contribution >= 0.6 is 0 Å². The van der Waals surface area contributed by atoms with Gasteiger partial charge in [0.2, 0.25) is 0 Å². The topological polar surface area (TPSA) is 43.0 Å². The van der Waals surface area contributed by atoms with Crippen molar-refractivity contribution in [2.24, 2.45) is 0 Å². The van der Waals surface area contributed by atoms with Crippen molar-refractivity contribution in [3.63, 3.8) is 0 Å². The molecule has 0 saturated carbocycles. The monoisotopic (exact) mass is 247 g/mol. The van der Waals surface area contributed by atoms with E-state index in [0.29, 0.717) is 0 Å². The lowest BCUT2D eigenvalue weighted by Gasteiger charge is -2.02. The molecule has 0 aromatic carbocycles. The van der Waals surface area contributed by atoms with Gasteiger partial charge in [0, 0.05) is 17.8 Å². The maximum absolute atomic E-state index is 5.57. The molecule has 0 amide bonds. The summed E-state index contributed by atoms with van der Waals surface area (Å²) in [4.78, 5) is 4.29. The van der Waals surface area contributed by atoms with Crippen LogP contribution in [0.4, 0.5) is 0 Å². The summed E-state index contributed by atoms with van der Waals surface area (Å²) in [6, 6.07) is 2.11. The second kappa shape index (κ2) is 5.87. The molecule has 0 saturated heterocycles. The SMILES string of the molecule is CCCNCc1coc(Cn2cnc(C)c2C)c1. The third-order valence-electron chi connectivity index (χ3n) is 3.14. The summed E-state index contributed by atoms with van der Waals surface area (Å²) in [5.74, 6) is 0.976. The van der Waals surface area contributed by atoms with Crippen molar-refractivity contribution in [1.82, 2.24) is 14.9 Å². The molecule has 98 valence electrons. The molecule has 2 aromatic heterocycles. The first-order chi connectivity index (χ1) is 8.70. The van der Waals surface area contributed by atoms with E-state index in [1.165, 1.54) is 11.3 Å². The fourth-order valence-electron chi connectivity index (χ4n) is 1.88. The van der Waals surface area contributed by atoms with E-state index >= 15 is 0 Å². The summed E-state index contributed by atoms with van der Waals surface area (Å²) in [6.45, 7) is 8.93. The van der Waals surface area contributed by atoms with Crippen LogP contribution in [-0.4, -0.2) is 16.1 Å². The van der Waals surface area contributed by atoms with Gasteiger partial charge in [-0.2, -0.15) is 0 Å². The molecule has 0 aliphatic rings. The molecule has 0 spiro atoms. The third-order valence-corrected chi connectivity index (χ3v) is 3.14. The summed E-state index contributed by atoms with van der Waals surface area (Å²) < 4.78 is 7.68. The van der Waals surface area contributed by atoms with E-state index in [0.717, 1.165) is 37.5 Å². The fraction of sp³-hybridized carbons (Fsp3) is 0.500. The lowest BCUT2D eigenvalue weighted by Crippen LogP contribution is -2.13. The smallest absolute Gasteiger partial charge is 0.123 e. The van der Waals surface area contributed by atoms with Gasteiger partial charge in [0.1, 0.15) is 5.76 Å². The zero-order valence-electron chi connectivity index (χ0n) is 11.4. The minimum absolute atomic E-state index is 0.750. The lowest BCUT2D eigenvalue weighted by atomic mass is 10.3. The predicted molar refractivity (Wildman–Crippen MR) is 71.5 cm³/mol. The van der Waals surface area contributed by atoms with Crippen molar-refractivity contribution in [3.05, 3.63) is 41.4 Å². The number of aromatic nitrogens is 2. The Morgan fingerprint density at radius 1 is 1.39 bits per heavy atom. The average molecular weight is 247 g/mol. The van der Waals surface area contributed by atoms with Crippen LogP contribution in [0.25, 0.3) is 0 Å². The Morgan fingerprint density at radius 3 is 2.89 bits per heavy atom. The maximum atomic E-state index is 5.57. The number of hydrogen-bond acceptors (Lipinski definition) is 3. The average Bonchev–Trinajstić information content (AvgIpc) is 2.92. The maximum Gasteiger partial charge on any atom is 0.123 e. The van der Waals surface area contributed by atoms with Gasteiger partial charge in [0.15, 0.2) is 0 Å². The molecule has 0 radical (unpaired) electrons. The molecule has 2 aromatic rings. The highest BCUT2D eigenvalue weighted by Crippen LogP contribution is 2.12. The molecule has 2 rings (SSSR count). The van der Waals surface area contributed by atoms with Gasteiger partial charge in [-0.1, -0.05) is 6.92 Å². The minimum atomic E-state index is 0.750. The van der Waals surface area contributed by atoms with Crippen molar-refractivity contribution >= 4 is 0 Å². The summed E-state index contributed by atoms with van der Waals surface area (Å²) in [7, 11) is 0. The van der Waals surface area contributed by atoms with Gasteiger partial charge in [-0.15, -0.1) is 0 Å². The number of aryl methyl sites for hydroxylation is 1. The second-order valence-electron chi connectivity index (χ2n) is 4.64. The number of rotatable bonds is 6. The number of nitrogens with one attached hydrogen (secondary N) is 1. The molecule has 1 N–H and O–H groups in total. The first-order valence-corrected chi connectivity index (χ1v) is 6.46. The van der Waals surface area contributed by atoms with Gasteiger partial charge in [-0.25, -0.2) is 4.98 Å². The van der Waals surface area contributed by atoms with Crippen LogP contribution < -0.4 is 5.32 Å². The van der Waals surface area contributed by atoms with E-state index in [2.05, 4.69) is 34.8 Å². The molecule has 0 fully saturated rings. The molecule has 0 unspecified atom stereocenters. The summed E-state index contributed by atoms with van der Waals surface area (Å²) in [5.41, 5.74) is 3.47. The van der Waals surface area contributed by atoms with E-state index < -0.39 is 0 Å². The van der Waals surface area contributed by atoms with E-state index in [-0.39, 0.29) is 0 Å². The summed E-state index contributed by atoms with van der Waals surface area (Å²) >= 11 is 0. The first-order valence-electron chi connectivity index (χ1n) is 6.46. The molecule has 0 aliphatic heterocycles.